The number of hydrogen-bond acceptors (Lipinski definition) is 2. The van der Waals surface area contributed by atoms with Gasteiger partial charge in [-0.25, -0.2) is 0 Å². The van der Waals surface area contributed by atoms with Crippen LogP contribution in [-0.2, 0) is 0 Å². The number of nitrogens with one attached hydrogen (secondary N) is 1. The third-order valence-electron chi connectivity index (χ3n) is 3.57. The molecule has 2 unspecified atom stereocenters. The van der Waals surface area contributed by atoms with Gasteiger partial charge in [-0.2, -0.15) is 5.10 Å². The summed E-state index contributed by atoms with van der Waals surface area (Å²) in [6.07, 6.45) is 5.33. The number of nitrogens with two attached hydrogens (primary N) is 1. The number of nitrogens with zero attached hydrogens (tertiary/aromatic N) is 1. The van der Waals surface area contributed by atoms with Gasteiger partial charge in [0.25, 0.3) is 0 Å². The second-order valence-corrected chi connectivity index (χ2v) is 4.52. The molecule has 2 atom stereocenters. The maximum absolute atomic E-state index is 5.75. The Morgan fingerprint density at radius 3 is 2.64 bits per heavy atom. The van der Waals surface area contributed by atoms with Crippen molar-refractivity contribution in [3.8, 4) is 0 Å². The molecule has 1 aromatic rings. The highest BCUT2D eigenvalue weighted by Gasteiger charge is 2.26. The quantitative estimate of drug-likeness (QED) is 0.720. The molecule has 1 aliphatic carbocycles. The molecule has 1 aliphatic rings. The second kappa shape index (κ2) is 3.64. The lowest BCUT2D eigenvalue weighted by Gasteiger charge is -2.28. The zero-order chi connectivity index (χ0) is 10.1. The molecule has 78 valence electrons. The van der Waals surface area contributed by atoms with Crippen molar-refractivity contribution in [1.82, 2.24) is 10.2 Å². The molecular formula is C11H19N3. The number of rotatable bonds is 1. The highest BCUT2D eigenvalue weighted by molar-refractivity contribution is 5.42. The fourth-order valence-corrected chi connectivity index (χ4v) is 2.53. The Bertz CT molecular complexity index is 316. The highest BCUT2D eigenvalue weighted by Crippen LogP contribution is 2.38. The zero-order valence-electron chi connectivity index (χ0n) is 9.01. The van der Waals surface area contributed by atoms with Crippen LogP contribution in [0.5, 0.6) is 0 Å². The molecule has 14 heavy (non-hydrogen) atoms. The molecule has 3 nitrogen and oxygen atoms in total. The Labute approximate surface area is 85.1 Å². The number of aromatic nitrogens is 2. The van der Waals surface area contributed by atoms with Crippen LogP contribution >= 0.6 is 0 Å². The van der Waals surface area contributed by atoms with E-state index in [1.54, 1.807) is 0 Å². The van der Waals surface area contributed by atoms with Crippen molar-refractivity contribution in [3.63, 3.8) is 0 Å². The maximum Gasteiger partial charge on any atom is 0.148 e. The zero-order valence-corrected chi connectivity index (χ0v) is 9.01. The lowest BCUT2D eigenvalue weighted by atomic mass is 9.78. The van der Waals surface area contributed by atoms with Gasteiger partial charge in [-0.3, -0.25) is 5.10 Å². The van der Waals surface area contributed by atoms with E-state index < -0.39 is 0 Å². The van der Waals surface area contributed by atoms with Crippen LogP contribution in [-0.4, -0.2) is 10.2 Å². The van der Waals surface area contributed by atoms with Gasteiger partial charge in [-0.05, 0) is 19.3 Å². The monoisotopic (exact) mass is 193 g/mol. The number of nitrogen functional groups attached to an aromatic ring is 1. The van der Waals surface area contributed by atoms with Crippen molar-refractivity contribution >= 4 is 5.82 Å². The first-order chi connectivity index (χ1) is 6.70. The number of hydrogen-bond donors (Lipinski definition) is 2. The molecule has 0 saturated heterocycles. The van der Waals surface area contributed by atoms with Gasteiger partial charge in [0.2, 0.25) is 0 Å². The molecule has 0 radical (unpaired) electrons. The summed E-state index contributed by atoms with van der Waals surface area (Å²) in [6, 6.07) is 0. The van der Waals surface area contributed by atoms with E-state index in [-0.39, 0.29) is 0 Å². The van der Waals surface area contributed by atoms with E-state index in [0.29, 0.717) is 11.7 Å². The molecular weight excluding hydrogens is 174 g/mol. The Balaban J connectivity index is 2.24. The molecule has 1 fully saturated rings. The van der Waals surface area contributed by atoms with Gasteiger partial charge in [0, 0.05) is 17.2 Å². The fourth-order valence-electron chi connectivity index (χ4n) is 2.53. The van der Waals surface area contributed by atoms with Gasteiger partial charge in [-0.1, -0.05) is 26.2 Å². The van der Waals surface area contributed by atoms with Gasteiger partial charge in [-0.15, -0.1) is 0 Å². The minimum absolute atomic E-state index is 0.647. The molecule has 0 amide bonds. The molecule has 0 spiro atoms. The molecule has 3 N–H and O–H groups in total. The third-order valence-corrected chi connectivity index (χ3v) is 3.57. The summed E-state index contributed by atoms with van der Waals surface area (Å²) in [5, 5.41) is 7.18. The lowest BCUT2D eigenvalue weighted by molar-refractivity contribution is 0.324. The molecule has 0 bridgehead atoms. The summed E-state index contributed by atoms with van der Waals surface area (Å²) in [5.41, 5.74) is 8.18. The predicted octanol–water partition coefficient (Wildman–Crippen LogP) is 2.59. The first kappa shape index (κ1) is 9.56. The van der Waals surface area contributed by atoms with E-state index in [9.17, 15) is 0 Å². The largest absolute Gasteiger partial charge is 0.382 e. The van der Waals surface area contributed by atoms with Crippen LogP contribution in [0.1, 0.15) is 49.8 Å². The van der Waals surface area contributed by atoms with Crippen molar-refractivity contribution in [2.24, 2.45) is 5.92 Å². The Morgan fingerprint density at radius 2 is 2.07 bits per heavy atom. The lowest BCUT2D eigenvalue weighted by Crippen LogP contribution is -2.16. The average Bonchev–Trinajstić information content (AvgIpc) is 2.49. The standard InChI is InChI=1S/C11H19N3/c1-7-5-3-4-6-9(7)10-8(2)11(12)14-13-10/h7,9H,3-6H2,1-2H3,(H3,12,13,14). The minimum atomic E-state index is 0.647. The number of aromatic amines is 1. The Kier molecular flexibility index (Phi) is 2.48. The van der Waals surface area contributed by atoms with Crippen LogP contribution in [0.3, 0.4) is 0 Å². The van der Waals surface area contributed by atoms with Gasteiger partial charge < -0.3 is 5.73 Å². The average molecular weight is 193 g/mol. The summed E-state index contributed by atoms with van der Waals surface area (Å²) < 4.78 is 0. The van der Waals surface area contributed by atoms with E-state index in [1.807, 2.05) is 0 Å². The third kappa shape index (κ3) is 1.51. The predicted molar refractivity (Wildman–Crippen MR) is 58.1 cm³/mol. The van der Waals surface area contributed by atoms with Crippen LogP contribution in [0.4, 0.5) is 5.82 Å². The molecule has 3 heteroatoms. The molecule has 1 aromatic heterocycles. The smallest absolute Gasteiger partial charge is 0.148 e. The normalized spacial score (nSPS) is 27.9. The first-order valence-electron chi connectivity index (χ1n) is 5.50. The summed E-state index contributed by atoms with van der Waals surface area (Å²) in [5.74, 6) is 2.08. The molecule has 2 rings (SSSR count). The number of anilines is 1. The SMILES string of the molecule is Cc1c(N)n[nH]c1C1CCCCC1C. The second-order valence-electron chi connectivity index (χ2n) is 4.52. The summed E-state index contributed by atoms with van der Waals surface area (Å²) >= 11 is 0. The van der Waals surface area contributed by atoms with E-state index in [4.69, 9.17) is 5.73 Å². The highest BCUT2D eigenvalue weighted by atomic mass is 15.2. The number of H-pyrrole nitrogens is 1. The van der Waals surface area contributed by atoms with Crippen molar-refractivity contribution < 1.29 is 0 Å². The van der Waals surface area contributed by atoms with Gasteiger partial charge in [0.1, 0.15) is 5.82 Å². The topological polar surface area (TPSA) is 54.7 Å². The van der Waals surface area contributed by atoms with E-state index in [0.717, 1.165) is 11.5 Å². The van der Waals surface area contributed by atoms with Gasteiger partial charge in [0.15, 0.2) is 0 Å². The van der Waals surface area contributed by atoms with Crippen LogP contribution in [0.15, 0.2) is 0 Å². The van der Waals surface area contributed by atoms with Crippen molar-refractivity contribution in [3.05, 3.63) is 11.3 Å². The van der Waals surface area contributed by atoms with Crippen LogP contribution in [0, 0.1) is 12.8 Å². The molecule has 1 saturated carbocycles. The van der Waals surface area contributed by atoms with Gasteiger partial charge >= 0.3 is 0 Å². The first-order valence-corrected chi connectivity index (χ1v) is 5.50. The Hall–Kier alpha value is -0.990. The van der Waals surface area contributed by atoms with Crippen LogP contribution < -0.4 is 5.73 Å². The van der Waals surface area contributed by atoms with Gasteiger partial charge in [0.05, 0.1) is 0 Å². The maximum atomic E-state index is 5.75. The minimum Gasteiger partial charge on any atom is -0.382 e. The van der Waals surface area contributed by atoms with Crippen molar-refractivity contribution in [1.29, 1.82) is 0 Å². The molecule has 0 aromatic carbocycles. The van der Waals surface area contributed by atoms with Crippen LogP contribution in [0.25, 0.3) is 0 Å². The summed E-state index contributed by atoms with van der Waals surface area (Å²) in [6.45, 7) is 4.40. The van der Waals surface area contributed by atoms with Crippen molar-refractivity contribution in [2.45, 2.75) is 45.4 Å². The van der Waals surface area contributed by atoms with E-state index in [2.05, 4.69) is 24.0 Å². The van der Waals surface area contributed by atoms with E-state index in [1.165, 1.54) is 31.4 Å². The Morgan fingerprint density at radius 1 is 1.36 bits per heavy atom. The molecule has 0 aliphatic heterocycles. The molecule has 1 heterocycles. The van der Waals surface area contributed by atoms with Crippen LogP contribution in [0.2, 0.25) is 0 Å². The summed E-state index contributed by atoms with van der Waals surface area (Å²) in [7, 11) is 0. The van der Waals surface area contributed by atoms with E-state index >= 15 is 0 Å². The van der Waals surface area contributed by atoms with Crippen molar-refractivity contribution in [2.75, 3.05) is 5.73 Å². The summed E-state index contributed by atoms with van der Waals surface area (Å²) in [4.78, 5) is 0. The fraction of sp³-hybridized carbons (Fsp3) is 0.727.